The van der Waals surface area contributed by atoms with Gasteiger partial charge in [-0.25, -0.2) is 4.57 Å². The first-order valence-electron chi connectivity index (χ1n) is 13.1. The molecule has 5 rings (SSSR count). The first-order valence-corrected chi connectivity index (χ1v) is 13.6. The SMILES string of the molecule is Cn1c(C[N+](C)(C)Cc2ccccc2)cc(/C=C/C(=O)N2CC(CCl)c3c2cc(O)c2ccccc32)c1[N+](=O)[O-].[Br-]. The molecule has 8 nitrogen and oxygen atoms in total. The van der Waals surface area contributed by atoms with E-state index < -0.39 is 4.92 Å². The van der Waals surface area contributed by atoms with Crippen molar-refractivity contribution in [2.75, 3.05) is 31.4 Å². The van der Waals surface area contributed by atoms with Gasteiger partial charge in [0.2, 0.25) is 0 Å². The van der Waals surface area contributed by atoms with Crippen LogP contribution < -0.4 is 21.9 Å². The number of hydrogen-bond acceptors (Lipinski definition) is 4. The third kappa shape index (κ3) is 6.02. The molecule has 1 aromatic heterocycles. The molecule has 2 heterocycles. The first kappa shape index (κ1) is 30.3. The number of rotatable bonds is 8. The molecule has 0 saturated heterocycles. The lowest BCUT2D eigenvalue weighted by atomic mass is 9.95. The van der Waals surface area contributed by atoms with Crippen LogP contribution in [0.3, 0.4) is 0 Å². The van der Waals surface area contributed by atoms with Gasteiger partial charge >= 0.3 is 5.82 Å². The predicted molar refractivity (Wildman–Crippen MR) is 158 cm³/mol. The maximum atomic E-state index is 13.4. The smallest absolute Gasteiger partial charge is 0.330 e. The summed E-state index contributed by atoms with van der Waals surface area (Å²) >= 11 is 6.30. The summed E-state index contributed by atoms with van der Waals surface area (Å²) in [6, 6.07) is 21.0. The zero-order valence-electron chi connectivity index (χ0n) is 23.1. The number of aromatic hydroxyl groups is 1. The number of carbonyl (C=O) groups excluding carboxylic acids is 1. The Bertz CT molecular complexity index is 1630. The highest BCUT2D eigenvalue weighted by Gasteiger charge is 2.34. The van der Waals surface area contributed by atoms with Gasteiger partial charge in [0.1, 0.15) is 18.8 Å². The molecule has 0 aliphatic carbocycles. The number of hydrogen-bond donors (Lipinski definition) is 1. The zero-order chi connectivity index (χ0) is 28.6. The monoisotopic (exact) mass is 638 g/mol. The second-order valence-corrected chi connectivity index (χ2v) is 11.3. The number of phenols is 1. The van der Waals surface area contributed by atoms with E-state index in [1.807, 2.05) is 42.5 Å². The normalized spacial score (nSPS) is 14.8. The Labute approximate surface area is 254 Å². The van der Waals surface area contributed by atoms with Crippen molar-refractivity contribution in [1.82, 2.24) is 4.57 Å². The largest absolute Gasteiger partial charge is 1.00 e. The van der Waals surface area contributed by atoms with Crippen molar-refractivity contribution >= 4 is 45.9 Å². The summed E-state index contributed by atoms with van der Waals surface area (Å²) in [5, 5.41) is 24.3. The summed E-state index contributed by atoms with van der Waals surface area (Å²) in [6.07, 6.45) is 2.87. The maximum absolute atomic E-state index is 13.4. The minimum atomic E-state index is -0.413. The van der Waals surface area contributed by atoms with E-state index in [4.69, 9.17) is 11.6 Å². The summed E-state index contributed by atoms with van der Waals surface area (Å²) < 4.78 is 2.19. The predicted octanol–water partition coefficient (Wildman–Crippen LogP) is 2.96. The molecule has 1 atom stereocenters. The van der Waals surface area contributed by atoms with Crippen LogP contribution in [-0.4, -0.2) is 51.5 Å². The Morgan fingerprint density at radius 1 is 1.10 bits per heavy atom. The van der Waals surface area contributed by atoms with Gasteiger partial charge in [0.05, 0.1) is 32.4 Å². The van der Waals surface area contributed by atoms with Crippen LogP contribution in [0, 0.1) is 10.1 Å². The Hall–Kier alpha value is -3.66. The minimum absolute atomic E-state index is 0. The van der Waals surface area contributed by atoms with E-state index in [9.17, 15) is 20.0 Å². The number of amides is 1. The van der Waals surface area contributed by atoms with E-state index in [0.29, 0.717) is 40.1 Å². The molecule has 3 aromatic carbocycles. The Morgan fingerprint density at radius 2 is 1.76 bits per heavy atom. The topological polar surface area (TPSA) is 88.6 Å². The van der Waals surface area contributed by atoms with Crippen molar-refractivity contribution in [1.29, 1.82) is 0 Å². The summed E-state index contributed by atoms with van der Waals surface area (Å²) in [5.41, 5.74) is 3.88. The van der Waals surface area contributed by atoms with Crippen LogP contribution in [0.5, 0.6) is 5.75 Å². The third-order valence-electron chi connectivity index (χ3n) is 7.55. The van der Waals surface area contributed by atoms with Crippen LogP contribution in [-0.2, 0) is 24.9 Å². The molecule has 0 radical (unpaired) electrons. The van der Waals surface area contributed by atoms with Crippen LogP contribution in [0.2, 0.25) is 0 Å². The molecule has 214 valence electrons. The van der Waals surface area contributed by atoms with Crippen LogP contribution in [0.15, 0.2) is 72.8 Å². The van der Waals surface area contributed by atoms with Crippen LogP contribution in [0.4, 0.5) is 11.5 Å². The molecule has 0 bridgehead atoms. The van der Waals surface area contributed by atoms with Gasteiger partial charge in [0.25, 0.3) is 5.91 Å². The fourth-order valence-electron chi connectivity index (χ4n) is 5.76. The van der Waals surface area contributed by atoms with E-state index in [2.05, 4.69) is 26.2 Å². The van der Waals surface area contributed by atoms with E-state index in [1.165, 1.54) is 17.7 Å². The number of alkyl halides is 1. The molecule has 0 spiro atoms. The molecule has 1 N–H and O–H groups in total. The Kier molecular flexibility index (Phi) is 8.91. The van der Waals surface area contributed by atoms with Crippen molar-refractivity contribution in [2.45, 2.75) is 19.0 Å². The maximum Gasteiger partial charge on any atom is 0.330 e. The molecule has 4 aromatic rings. The molecule has 1 aliphatic rings. The summed E-state index contributed by atoms with van der Waals surface area (Å²) in [4.78, 5) is 26.6. The van der Waals surface area contributed by atoms with Gasteiger partial charge in [-0.2, -0.15) is 0 Å². The van der Waals surface area contributed by atoms with Crippen molar-refractivity contribution in [2.24, 2.45) is 7.05 Å². The molecule has 0 fully saturated rings. The fourth-order valence-corrected chi connectivity index (χ4v) is 6.01. The number of phenolic OH excluding ortho intramolecular Hbond substituents is 1. The molecule has 10 heteroatoms. The standard InChI is InChI=1S/C31H31ClN4O4.BrH/c1-33-24(20-36(2,3)19-21-9-5-4-6-10-21)15-22(31(33)35(39)40)13-14-29(38)34-18-23(17-32)30-26-12-8-7-11-25(26)28(37)16-27(30)34;/h4-16,23H,17-20H2,1-3H3;1H/b14-13+;. The van der Waals surface area contributed by atoms with Crippen LogP contribution in [0.1, 0.15) is 28.3 Å². The highest BCUT2D eigenvalue weighted by Crippen LogP contribution is 2.45. The average Bonchev–Trinajstić information content (AvgIpc) is 3.44. The van der Waals surface area contributed by atoms with Gasteiger partial charge in [-0.3, -0.25) is 4.79 Å². The molecular weight excluding hydrogens is 608 g/mol. The van der Waals surface area contributed by atoms with E-state index >= 15 is 0 Å². The van der Waals surface area contributed by atoms with Gasteiger partial charge in [0, 0.05) is 47.5 Å². The summed E-state index contributed by atoms with van der Waals surface area (Å²) in [6.45, 7) is 1.70. The molecule has 0 saturated carbocycles. The molecule has 1 aliphatic heterocycles. The van der Waals surface area contributed by atoms with Crippen LogP contribution >= 0.6 is 11.6 Å². The average molecular weight is 640 g/mol. The number of quaternary nitrogens is 1. The van der Waals surface area contributed by atoms with Gasteiger partial charge in [0.15, 0.2) is 5.69 Å². The highest BCUT2D eigenvalue weighted by molar-refractivity contribution is 6.19. The van der Waals surface area contributed by atoms with Crippen molar-refractivity contribution < 1.29 is 36.3 Å². The lowest BCUT2D eigenvalue weighted by molar-refractivity contribution is -0.917. The number of anilines is 1. The third-order valence-corrected chi connectivity index (χ3v) is 7.92. The highest BCUT2D eigenvalue weighted by atomic mass is 79.9. The summed E-state index contributed by atoms with van der Waals surface area (Å²) in [5.74, 6) is -0.0844. The summed E-state index contributed by atoms with van der Waals surface area (Å²) in [7, 11) is 5.86. The number of benzene rings is 3. The molecule has 1 unspecified atom stereocenters. The first-order chi connectivity index (χ1) is 19.1. The second kappa shape index (κ2) is 12.1. The van der Waals surface area contributed by atoms with E-state index in [0.717, 1.165) is 23.2 Å². The van der Waals surface area contributed by atoms with Crippen molar-refractivity contribution in [3.8, 4) is 5.75 Å². The fraction of sp³-hybridized carbons (Fsp3) is 0.258. The number of fused-ring (bicyclic) bond motifs is 3. The molecule has 41 heavy (non-hydrogen) atoms. The van der Waals surface area contributed by atoms with Crippen LogP contribution in [0.25, 0.3) is 16.8 Å². The van der Waals surface area contributed by atoms with Gasteiger partial charge < -0.3 is 41.6 Å². The van der Waals surface area contributed by atoms with E-state index in [-0.39, 0.29) is 40.4 Å². The molecule has 1 amide bonds. The number of nitrogens with zero attached hydrogens (tertiary/aromatic N) is 4. The Morgan fingerprint density at radius 3 is 2.41 bits per heavy atom. The van der Waals surface area contributed by atoms with Gasteiger partial charge in [-0.1, -0.05) is 54.6 Å². The lowest BCUT2D eigenvalue weighted by Crippen LogP contribution is -3.00. The number of nitro groups is 1. The molecular formula is C31H32BrClN4O4. The lowest BCUT2D eigenvalue weighted by Gasteiger charge is -2.29. The van der Waals surface area contributed by atoms with Crippen molar-refractivity contribution in [3.63, 3.8) is 0 Å². The van der Waals surface area contributed by atoms with E-state index in [1.54, 1.807) is 28.6 Å². The zero-order valence-corrected chi connectivity index (χ0v) is 25.5. The van der Waals surface area contributed by atoms with Gasteiger partial charge in [-0.15, -0.1) is 11.6 Å². The van der Waals surface area contributed by atoms with Gasteiger partial charge in [-0.05, 0) is 21.9 Å². The number of carbonyl (C=O) groups is 1. The second-order valence-electron chi connectivity index (χ2n) is 11.0. The Balaban J connectivity index is 0.00000387. The number of aromatic nitrogens is 1. The van der Waals surface area contributed by atoms with Crippen molar-refractivity contribution in [3.05, 3.63) is 105 Å². The minimum Gasteiger partial charge on any atom is -1.00 e. The number of halogens is 2. The quantitative estimate of drug-likeness (QED) is 0.106.